The van der Waals surface area contributed by atoms with Crippen molar-refractivity contribution in [3.63, 3.8) is 0 Å². The fraction of sp³-hybridized carbons (Fsp3) is 0.300. The zero-order valence-corrected chi connectivity index (χ0v) is 16.7. The van der Waals surface area contributed by atoms with E-state index in [2.05, 4.69) is 0 Å². The van der Waals surface area contributed by atoms with Crippen LogP contribution in [0, 0.1) is 13.8 Å². The molecule has 144 valence electrons. The number of carbonyl (C=O) groups is 2. The van der Waals surface area contributed by atoms with E-state index in [9.17, 15) is 18.0 Å². The monoisotopic (exact) mass is 389 g/mol. The molecular weight excluding hydrogens is 366 g/mol. The third-order valence-corrected chi connectivity index (χ3v) is 5.44. The zero-order chi connectivity index (χ0) is 20.2. The van der Waals surface area contributed by atoms with Gasteiger partial charge in [-0.2, -0.15) is 0 Å². The van der Waals surface area contributed by atoms with Crippen LogP contribution < -0.4 is 0 Å². The summed E-state index contributed by atoms with van der Waals surface area (Å²) in [6.45, 7) is 3.63. The highest BCUT2D eigenvalue weighted by Crippen LogP contribution is 2.19. The molecule has 0 spiro atoms. The summed E-state index contributed by atoms with van der Waals surface area (Å²) in [5.74, 6) is -0.972. The lowest BCUT2D eigenvalue weighted by atomic mass is 10.1. The number of methoxy groups -OCH3 is 1. The van der Waals surface area contributed by atoms with Gasteiger partial charge in [0.2, 0.25) is 0 Å². The van der Waals surface area contributed by atoms with Crippen LogP contribution in [0.2, 0.25) is 0 Å². The van der Waals surface area contributed by atoms with Crippen LogP contribution in [-0.2, 0) is 25.9 Å². The molecule has 0 fully saturated rings. The van der Waals surface area contributed by atoms with E-state index in [0.29, 0.717) is 5.56 Å². The molecule has 2 rings (SSSR count). The van der Waals surface area contributed by atoms with Gasteiger partial charge in [-0.25, -0.2) is 8.42 Å². The molecule has 0 aliphatic rings. The van der Waals surface area contributed by atoms with Gasteiger partial charge in [-0.15, -0.1) is 0 Å². The Morgan fingerprint density at radius 2 is 1.70 bits per heavy atom. The minimum atomic E-state index is -3.46. The van der Waals surface area contributed by atoms with Crippen molar-refractivity contribution in [1.29, 1.82) is 0 Å². The number of benzene rings is 2. The third-order valence-electron chi connectivity index (χ3n) is 4.32. The molecule has 0 saturated heterocycles. The quantitative estimate of drug-likeness (QED) is 0.709. The summed E-state index contributed by atoms with van der Waals surface area (Å²) in [6.07, 6.45) is 1.09. The van der Waals surface area contributed by atoms with Crippen molar-refractivity contribution < 1.29 is 22.7 Å². The highest BCUT2D eigenvalue weighted by molar-refractivity contribution is 7.90. The summed E-state index contributed by atoms with van der Waals surface area (Å²) in [4.78, 5) is 26.4. The zero-order valence-electron chi connectivity index (χ0n) is 15.9. The molecule has 2 aromatic rings. The van der Waals surface area contributed by atoms with Crippen molar-refractivity contribution >= 4 is 21.7 Å². The Labute approximate surface area is 159 Å². The van der Waals surface area contributed by atoms with Gasteiger partial charge < -0.3 is 9.64 Å². The van der Waals surface area contributed by atoms with E-state index in [-0.39, 0.29) is 23.5 Å². The minimum absolute atomic E-state index is 0.0605. The summed E-state index contributed by atoms with van der Waals surface area (Å²) >= 11 is 0. The molecule has 2 aromatic carbocycles. The van der Waals surface area contributed by atoms with Crippen LogP contribution in [0.3, 0.4) is 0 Å². The first kappa shape index (κ1) is 20.6. The third kappa shape index (κ3) is 5.17. The van der Waals surface area contributed by atoms with E-state index in [1.54, 1.807) is 13.0 Å². The van der Waals surface area contributed by atoms with Crippen molar-refractivity contribution in [2.45, 2.75) is 25.3 Å². The maximum Gasteiger partial charge on any atom is 0.325 e. The average Bonchev–Trinajstić information content (AvgIpc) is 2.61. The summed E-state index contributed by atoms with van der Waals surface area (Å²) in [6, 6.07) is 12.0. The fourth-order valence-electron chi connectivity index (χ4n) is 2.65. The van der Waals surface area contributed by atoms with Gasteiger partial charge in [0.05, 0.1) is 12.0 Å². The van der Waals surface area contributed by atoms with Gasteiger partial charge >= 0.3 is 5.97 Å². The second-order valence-corrected chi connectivity index (χ2v) is 8.43. The molecule has 1 amide bonds. The molecule has 0 saturated carbocycles. The van der Waals surface area contributed by atoms with Gasteiger partial charge in [0, 0.05) is 18.4 Å². The number of amides is 1. The van der Waals surface area contributed by atoms with E-state index in [4.69, 9.17) is 4.74 Å². The Hall–Kier alpha value is -2.67. The molecule has 0 atom stereocenters. The Balaban J connectivity index is 2.45. The summed E-state index contributed by atoms with van der Waals surface area (Å²) in [7, 11) is -2.20. The average molecular weight is 389 g/mol. The second kappa shape index (κ2) is 8.35. The summed E-state index contributed by atoms with van der Waals surface area (Å²) in [5, 5.41) is 0. The lowest BCUT2D eigenvalue weighted by molar-refractivity contribution is -0.141. The Kier molecular flexibility index (Phi) is 6.38. The van der Waals surface area contributed by atoms with Gasteiger partial charge in [-0.3, -0.25) is 9.59 Å². The maximum atomic E-state index is 13.1. The number of hydrogen-bond donors (Lipinski definition) is 0. The molecule has 27 heavy (non-hydrogen) atoms. The van der Waals surface area contributed by atoms with Crippen LogP contribution >= 0.6 is 0 Å². The molecule has 0 bridgehead atoms. The molecule has 6 nitrogen and oxygen atoms in total. The number of aryl methyl sites for hydroxylation is 2. The van der Waals surface area contributed by atoms with E-state index < -0.39 is 21.7 Å². The number of rotatable bonds is 6. The van der Waals surface area contributed by atoms with E-state index in [1.807, 2.05) is 31.2 Å². The van der Waals surface area contributed by atoms with Crippen LogP contribution in [0.5, 0.6) is 0 Å². The molecular formula is C20H23NO5S. The molecule has 0 radical (unpaired) electrons. The molecule has 7 heteroatoms. The van der Waals surface area contributed by atoms with Crippen LogP contribution in [0.25, 0.3) is 0 Å². The second-order valence-electron chi connectivity index (χ2n) is 6.41. The first-order chi connectivity index (χ1) is 12.6. The highest BCUT2D eigenvalue weighted by atomic mass is 32.2. The number of nitrogens with zero attached hydrogens (tertiary/aromatic N) is 1. The van der Waals surface area contributed by atoms with Crippen LogP contribution in [0.15, 0.2) is 47.4 Å². The number of sulfone groups is 1. The number of carbonyl (C=O) groups excluding carboxylic acids is 2. The minimum Gasteiger partial charge on any atom is -0.468 e. The molecule has 0 aliphatic heterocycles. The Bertz CT molecular complexity index is 966. The van der Waals surface area contributed by atoms with Crippen molar-refractivity contribution in [2.75, 3.05) is 19.9 Å². The molecule has 0 N–H and O–H groups in total. The SMILES string of the molecule is COC(=O)CN(Cc1ccccc1C)C(=O)c1cc(S(C)(=O)=O)ccc1C. The van der Waals surface area contributed by atoms with Gasteiger partial charge in [0.25, 0.3) is 5.91 Å². The molecule has 0 heterocycles. The molecule has 0 aliphatic carbocycles. The van der Waals surface area contributed by atoms with Gasteiger partial charge in [-0.1, -0.05) is 30.3 Å². The standard InChI is InChI=1S/C20H23NO5S/c1-14-7-5-6-8-16(14)12-21(13-19(22)26-3)20(23)18-11-17(27(4,24)25)10-9-15(18)2/h5-11H,12-13H2,1-4H3. The highest BCUT2D eigenvalue weighted by Gasteiger charge is 2.23. The maximum absolute atomic E-state index is 13.1. The van der Waals surface area contributed by atoms with Crippen molar-refractivity contribution in [3.05, 3.63) is 64.7 Å². The lowest BCUT2D eigenvalue weighted by Crippen LogP contribution is -2.36. The largest absolute Gasteiger partial charge is 0.468 e. The molecule has 0 unspecified atom stereocenters. The smallest absolute Gasteiger partial charge is 0.325 e. The molecule has 0 aromatic heterocycles. The predicted octanol–water partition coefficient (Wildman–Crippen LogP) is 2.52. The van der Waals surface area contributed by atoms with Crippen molar-refractivity contribution in [2.24, 2.45) is 0 Å². The van der Waals surface area contributed by atoms with E-state index in [0.717, 1.165) is 17.4 Å². The summed E-state index contributed by atoms with van der Waals surface area (Å²) in [5.41, 5.74) is 2.76. The first-order valence-electron chi connectivity index (χ1n) is 8.34. The van der Waals surface area contributed by atoms with Gasteiger partial charge in [-0.05, 0) is 42.7 Å². The lowest BCUT2D eigenvalue weighted by Gasteiger charge is -2.23. The first-order valence-corrected chi connectivity index (χ1v) is 10.2. The van der Waals surface area contributed by atoms with Crippen molar-refractivity contribution in [1.82, 2.24) is 4.90 Å². The fourth-order valence-corrected chi connectivity index (χ4v) is 3.29. The van der Waals surface area contributed by atoms with Crippen LogP contribution in [0.4, 0.5) is 0 Å². The van der Waals surface area contributed by atoms with Crippen LogP contribution in [0.1, 0.15) is 27.0 Å². The normalized spacial score (nSPS) is 11.1. The predicted molar refractivity (Wildman–Crippen MR) is 102 cm³/mol. The van der Waals surface area contributed by atoms with Crippen LogP contribution in [-0.4, -0.2) is 45.1 Å². The van der Waals surface area contributed by atoms with Gasteiger partial charge in [0.15, 0.2) is 9.84 Å². The summed E-state index contributed by atoms with van der Waals surface area (Å²) < 4.78 is 28.4. The Morgan fingerprint density at radius 1 is 1.04 bits per heavy atom. The topological polar surface area (TPSA) is 80.8 Å². The number of esters is 1. The Morgan fingerprint density at radius 3 is 2.30 bits per heavy atom. The number of ether oxygens (including phenoxy) is 1. The van der Waals surface area contributed by atoms with Crippen molar-refractivity contribution in [3.8, 4) is 0 Å². The van der Waals surface area contributed by atoms with E-state index >= 15 is 0 Å². The van der Waals surface area contributed by atoms with Gasteiger partial charge in [0.1, 0.15) is 6.54 Å². The number of hydrogen-bond acceptors (Lipinski definition) is 5. The van der Waals surface area contributed by atoms with E-state index in [1.165, 1.54) is 24.1 Å².